The molecule has 0 amide bonds. The van der Waals surface area contributed by atoms with Gasteiger partial charge in [-0.15, -0.1) is 0 Å². The lowest BCUT2D eigenvalue weighted by atomic mass is 10.1. The molecule has 0 fully saturated rings. The van der Waals surface area contributed by atoms with Crippen LogP contribution in [-0.4, -0.2) is 18.9 Å². The maximum atomic E-state index is 11.0. The number of hydrogen-bond acceptors (Lipinski definition) is 3. The molecular weight excluding hydrogens is 130 g/mol. The average Bonchev–Trinajstić information content (AvgIpc) is 2.34. The fourth-order valence-electron chi connectivity index (χ4n) is 1.32. The summed E-state index contributed by atoms with van der Waals surface area (Å²) in [7, 11) is 0. The van der Waals surface area contributed by atoms with Gasteiger partial charge in [-0.3, -0.25) is 4.79 Å². The molecule has 2 aliphatic heterocycles. The van der Waals surface area contributed by atoms with Crippen molar-refractivity contribution < 1.29 is 9.53 Å². The molecule has 54 valence electrons. The lowest BCUT2D eigenvalue weighted by Crippen LogP contribution is -2.20. The largest absolute Gasteiger partial charge is 0.471 e. The van der Waals surface area contributed by atoms with Crippen LogP contribution in [0.5, 0.6) is 0 Å². The molecule has 0 aliphatic carbocycles. The predicted octanol–water partition coefficient (Wildman–Crippen LogP) is 0.181. The molecule has 0 aromatic heterocycles. The first-order chi connectivity index (χ1) is 4.88. The van der Waals surface area contributed by atoms with Gasteiger partial charge in [-0.2, -0.15) is 0 Å². The number of rotatable bonds is 0. The van der Waals surface area contributed by atoms with Gasteiger partial charge in [0.15, 0.2) is 12.5 Å². The highest BCUT2D eigenvalue weighted by atomic mass is 16.5. The zero-order valence-corrected chi connectivity index (χ0v) is 5.64. The first kappa shape index (κ1) is 5.77. The Morgan fingerprint density at radius 3 is 3.20 bits per heavy atom. The maximum Gasteiger partial charge on any atom is 0.201 e. The van der Waals surface area contributed by atoms with Gasteiger partial charge in [0.1, 0.15) is 0 Å². The van der Waals surface area contributed by atoms with Gasteiger partial charge in [0, 0.05) is 6.54 Å². The third kappa shape index (κ3) is 0.701. The van der Waals surface area contributed by atoms with Gasteiger partial charge >= 0.3 is 0 Å². The SMILES string of the molecule is O=C1COC2=C1CCCN2. The van der Waals surface area contributed by atoms with E-state index in [9.17, 15) is 4.79 Å². The summed E-state index contributed by atoms with van der Waals surface area (Å²) in [6, 6.07) is 0. The van der Waals surface area contributed by atoms with Crippen LogP contribution in [0.2, 0.25) is 0 Å². The molecule has 0 bridgehead atoms. The van der Waals surface area contributed by atoms with Crippen molar-refractivity contribution in [1.29, 1.82) is 0 Å². The monoisotopic (exact) mass is 139 g/mol. The van der Waals surface area contributed by atoms with E-state index in [1.807, 2.05) is 0 Å². The van der Waals surface area contributed by atoms with Crippen molar-refractivity contribution in [2.45, 2.75) is 12.8 Å². The van der Waals surface area contributed by atoms with E-state index in [1.54, 1.807) is 0 Å². The van der Waals surface area contributed by atoms with Crippen molar-refractivity contribution in [2.24, 2.45) is 0 Å². The molecule has 1 N–H and O–H groups in total. The average molecular weight is 139 g/mol. The zero-order chi connectivity index (χ0) is 6.97. The Kier molecular flexibility index (Phi) is 1.16. The lowest BCUT2D eigenvalue weighted by Gasteiger charge is -2.12. The summed E-state index contributed by atoms with van der Waals surface area (Å²) in [5.74, 6) is 0.887. The molecule has 0 unspecified atom stereocenters. The van der Waals surface area contributed by atoms with Crippen LogP contribution in [0, 0.1) is 0 Å². The number of ketones is 1. The third-order valence-corrected chi connectivity index (χ3v) is 1.85. The van der Waals surface area contributed by atoms with E-state index < -0.39 is 0 Å². The Labute approximate surface area is 59.1 Å². The van der Waals surface area contributed by atoms with Gasteiger partial charge < -0.3 is 10.1 Å². The highest BCUT2D eigenvalue weighted by Crippen LogP contribution is 2.21. The molecule has 3 nitrogen and oxygen atoms in total. The fraction of sp³-hybridized carbons (Fsp3) is 0.571. The minimum Gasteiger partial charge on any atom is -0.471 e. The molecule has 3 heteroatoms. The van der Waals surface area contributed by atoms with Crippen LogP contribution in [0.1, 0.15) is 12.8 Å². The van der Waals surface area contributed by atoms with E-state index in [1.165, 1.54) is 0 Å². The molecule has 0 aromatic carbocycles. The highest BCUT2D eigenvalue weighted by molar-refractivity contribution is 5.98. The summed E-state index contributed by atoms with van der Waals surface area (Å²) >= 11 is 0. The molecule has 0 radical (unpaired) electrons. The molecule has 2 rings (SSSR count). The Bertz CT molecular complexity index is 208. The topological polar surface area (TPSA) is 38.3 Å². The molecule has 0 aromatic rings. The van der Waals surface area contributed by atoms with Crippen molar-refractivity contribution in [3.05, 3.63) is 11.5 Å². The lowest BCUT2D eigenvalue weighted by molar-refractivity contribution is -0.116. The molecular formula is C7H9NO2. The second-order valence-electron chi connectivity index (χ2n) is 2.55. The van der Waals surface area contributed by atoms with Crippen LogP contribution in [-0.2, 0) is 9.53 Å². The summed E-state index contributed by atoms with van der Waals surface area (Å²) in [4.78, 5) is 11.0. The zero-order valence-electron chi connectivity index (χ0n) is 5.64. The normalized spacial score (nSPS) is 23.8. The van der Waals surface area contributed by atoms with Crippen molar-refractivity contribution >= 4 is 5.78 Å². The van der Waals surface area contributed by atoms with Crippen molar-refractivity contribution in [1.82, 2.24) is 5.32 Å². The molecule has 0 saturated carbocycles. The number of nitrogens with one attached hydrogen (secondary N) is 1. The van der Waals surface area contributed by atoms with Crippen LogP contribution < -0.4 is 5.32 Å². The number of ether oxygens (including phenoxy) is 1. The van der Waals surface area contributed by atoms with Gasteiger partial charge in [-0.05, 0) is 12.8 Å². The summed E-state index contributed by atoms with van der Waals surface area (Å²) in [6.45, 7) is 1.18. The summed E-state index contributed by atoms with van der Waals surface area (Å²) in [6.07, 6.45) is 1.94. The maximum absolute atomic E-state index is 11.0. The summed E-state index contributed by atoms with van der Waals surface area (Å²) in [5, 5.41) is 3.05. The summed E-state index contributed by atoms with van der Waals surface area (Å²) in [5.41, 5.74) is 0.867. The number of hydrogen-bond donors (Lipinski definition) is 1. The molecule has 2 heterocycles. The van der Waals surface area contributed by atoms with E-state index in [0.717, 1.165) is 30.8 Å². The predicted molar refractivity (Wildman–Crippen MR) is 35.2 cm³/mol. The van der Waals surface area contributed by atoms with E-state index in [2.05, 4.69) is 5.32 Å². The fourth-order valence-corrected chi connectivity index (χ4v) is 1.32. The first-order valence-electron chi connectivity index (χ1n) is 3.51. The number of Topliss-reactive ketones (excluding diaryl/α,β-unsaturated/α-hetero) is 1. The minimum atomic E-state index is 0.155. The quantitative estimate of drug-likeness (QED) is 0.520. The summed E-state index contributed by atoms with van der Waals surface area (Å²) < 4.78 is 5.09. The van der Waals surface area contributed by atoms with Crippen molar-refractivity contribution in [3.63, 3.8) is 0 Å². The highest BCUT2D eigenvalue weighted by Gasteiger charge is 2.26. The van der Waals surface area contributed by atoms with Gasteiger partial charge in [-0.1, -0.05) is 0 Å². The first-order valence-corrected chi connectivity index (χ1v) is 3.51. The van der Waals surface area contributed by atoms with E-state index in [0.29, 0.717) is 0 Å². The van der Waals surface area contributed by atoms with E-state index in [-0.39, 0.29) is 12.4 Å². The minimum absolute atomic E-state index is 0.155. The van der Waals surface area contributed by atoms with E-state index >= 15 is 0 Å². The molecule has 10 heavy (non-hydrogen) atoms. The van der Waals surface area contributed by atoms with Crippen molar-refractivity contribution in [2.75, 3.05) is 13.2 Å². The Morgan fingerprint density at radius 1 is 1.50 bits per heavy atom. The van der Waals surface area contributed by atoms with Gasteiger partial charge in [0.25, 0.3) is 0 Å². The third-order valence-electron chi connectivity index (χ3n) is 1.85. The van der Waals surface area contributed by atoms with Crippen LogP contribution in [0.15, 0.2) is 11.5 Å². The molecule has 2 aliphatic rings. The van der Waals surface area contributed by atoms with Gasteiger partial charge in [0.2, 0.25) is 5.78 Å². The standard InChI is InChI=1S/C7H9NO2/c9-6-4-10-7-5(6)2-1-3-8-7/h8H,1-4H2. The number of carbonyl (C=O) groups excluding carboxylic acids is 1. The Balaban J connectivity index is 2.29. The van der Waals surface area contributed by atoms with Crippen LogP contribution in [0.3, 0.4) is 0 Å². The Morgan fingerprint density at radius 2 is 2.40 bits per heavy atom. The van der Waals surface area contributed by atoms with Crippen LogP contribution in [0.25, 0.3) is 0 Å². The van der Waals surface area contributed by atoms with Crippen LogP contribution in [0.4, 0.5) is 0 Å². The smallest absolute Gasteiger partial charge is 0.201 e. The van der Waals surface area contributed by atoms with Crippen molar-refractivity contribution in [3.8, 4) is 0 Å². The molecule has 0 spiro atoms. The number of carbonyl (C=O) groups is 1. The Hall–Kier alpha value is -0.990. The van der Waals surface area contributed by atoms with Crippen LogP contribution >= 0.6 is 0 Å². The van der Waals surface area contributed by atoms with E-state index in [4.69, 9.17) is 4.74 Å². The molecule has 0 saturated heterocycles. The second-order valence-corrected chi connectivity index (χ2v) is 2.55. The second kappa shape index (κ2) is 2.01. The van der Waals surface area contributed by atoms with Gasteiger partial charge in [-0.25, -0.2) is 0 Å². The van der Waals surface area contributed by atoms with Gasteiger partial charge in [0.05, 0.1) is 5.57 Å². The molecule has 0 atom stereocenters.